The molecule has 0 radical (unpaired) electrons. The van der Waals surface area contributed by atoms with Gasteiger partial charge in [-0.1, -0.05) is 18.9 Å². The number of carboxylic acid groups (broad SMARTS) is 1. The van der Waals surface area contributed by atoms with E-state index in [1.54, 1.807) is 24.4 Å². The van der Waals surface area contributed by atoms with Crippen LogP contribution in [0, 0.1) is 0 Å². The fourth-order valence-corrected chi connectivity index (χ4v) is 3.33. The highest BCUT2D eigenvalue weighted by molar-refractivity contribution is 6.46. The van der Waals surface area contributed by atoms with Gasteiger partial charge in [0.15, 0.2) is 5.71 Å². The molecule has 1 aromatic rings. The van der Waals surface area contributed by atoms with E-state index in [1.165, 1.54) is 4.90 Å². The largest absolute Gasteiger partial charge is 0.480 e. The predicted octanol–water partition coefficient (Wildman–Crippen LogP) is 1.85. The average molecular weight is 301 g/mol. The number of carbonyl (C=O) groups excluding carboxylic acids is 1. The summed E-state index contributed by atoms with van der Waals surface area (Å²) in [5.74, 6) is -1.32. The van der Waals surface area contributed by atoms with Crippen LogP contribution in [-0.2, 0) is 9.59 Å². The molecule has 0 saturated heterocycles. The molecule has 0 unspecified atom stereocenters. The number of carboxylic acids is 1. The minimum atomic E-state index is -1.01. The van der Waals surface area contributed by atoms with E-state index in [1.807, 2.05) is 0 Å². The average Bonchev–Trinajstić information content (AvgIpc) is 2.69. The van der Waals surface area contributed by atoms with Crippen LogP contribution in [0.3, 0.4) is 0 Å². The van der Waals surface area contributed by atoms with Crippen molar-refractivity contribution in [1.82, 2.24) is 9.88 Å². The lowest BCUT2D eigenvalue weighted by Gasteiger charge is -2.34. The molecule has 0 bridgehead atoms. The van der Waals surface area contributed by atoms with Crippen LogP contribution < -0.4 is 0 Å². The zero-order valence-corrected chi connectivity index (χ0v) is 12.4. The van der Waals surface area contributed by atoms with Gasteiger partial charge in [-0.2, -0.15) is 0 Å². The van der Waals surface area contributed by atoms with Gasteiger partial charge in [-0.25, -0.2) is 4.99 Å². The fraction of sp³-hybridized carbons (Fsp3) is 0.500. The van der Waals surface area contributed by atoms with Crippen molar-refractivity contribution in [3.8, 4) is 0 Å². The van der Waals surface area contributed by atoms with E-state index in [2.05, 4.69) is 4.98 Å². The van der Waals surface area contributed by atoms with Gasteiger partial charge in [0, 0.05) is 6.20 Å². The smallest absolute Gasteiger partial charge is 0.323 e. The lowest BCUT2D eigenvalue weighted by atomic mass is 10.00. The van der Waals surface area contributed by atoms with Crippen molar-refractivity contribution in [2.24, 2.45) is 4.99 Å². The third-order valence-electron chi connectivity index (χ3n) is 4.38. The van der Waals surface area contributed by atoms with E-state index in [9.17, 15) is 14.7 Å². The molecule has 6 nitrogen and oxygen atoms in total. The molecule has 1 spiro atoms. The van der Waals surface area contributed by atoms with E-state index < -0.39 is 11.6 Å². The molecule has 2 aliphatic rings. The number of aromatic nitrogens is 1. The summed E-state index contributed by atoms with van der Waals surface area (Å²) >= 11 is 0. The Labute approximate surface area is 128 Å². The monoisotopic (exact) mass is 301 g/mol. The first-order chi connectivity index (χ1) is 10.6. The predicted molar refractivity (Wildman–Crippen MR) is 80.6 cm³/mol. The van der Waals surface area contributed by atoms with E-state index in [-0.39, 0.29) is 12.5 Å². The SMILES string of the molecule is O=C(O)CN1C(=O)C(c2ccccn2)=NC12CCCCCC2. The third-order valence-corrected chi connectivity index (χ3v) is 4.38. The zero-order chi connectivity index (χ0) is 15.6. The summed E-state index contributed by atoms with van der Waals surface area (Å²) in [5.41, 5.74) is 0.117. The van der Waals surface area contributed by atoms with Gasteiger partial charge < -0.3 is 10.0 Å². The van der Waals surface area contributed by atoms with Crippen LogP contribution in [0.15, 0.2) is 29.4 Å². The third kappa shape index (κ3) is 2.61. The van der Waals surface area contributed by atoms with Crippen LogP contribution in [0.25, 0.3) is 0 Å². The van der Waals surface area contributed by atoms with Crippen LogP contribution in [0.5, 0.6) is 0 Å². The number of hydrogen-bond acceptors (Lipinski definition) is 4. The Bertz CT molecular complexity index is 604. The van der Waals surface area contributed by atoms with Crippen molar-refractivity contribution in [1.29, 1.82) is 0 Å². The van der Waals surface area contributed by atoms with Crippen molar-refractivity contribution < 1.29 is 14.7 Å². The lowest BCUT2D eigenvalue weighted by molar-refractivity contribution is -0.145. The summed E-state index contributed by atoms with van der Waals surface area (Å²) < 4.78 is 0. The molecule has 2 heterocycles. The summed E-state index contributed by atoms with van der Waals surface area (Å²) in [6.07, 6.45) is 7.19. The second-order valence-corrected chi connectivity index (χ2v) is 5.86. The molecule has 1 aliphatic carbocycles. The minimum Gasteiger partial charge on any atom is -0.480 e. The Balaban J connectivity index is 2.01. The molecule has 1 aliphatic heterocycles. The maximum absolute atomic E-state index is 12.7. The Morgan fingerprint density at radius 1 is 1.23 bits per heavy atom. The van der Waals surface area contributed by atoms with Crippen molar-refractivity contribution in [3.63, 3.8) is 0 Å². The molecule has 1 saturated carbocycles. The molecule has 1 aromatic heterocycles. The normalized spacial score (nSPS) is 20.8. The molecule has 116 valence electrons. The van der Waals surface area contributed by atoms with E-state index in [4.69, 9.17) is 4.99 Å². The van der Waals surface area contributed by atoms with Crippen molar-refractivity contribution >= 4 is 17.6 Å². The van der Waals surface area contributed by atoms with Crippen LogP contribution in [0.1, 0.15) is 44.2 Å². The van der Waals surface area contributed by atoms with Crippen molar-refractivity contribution in [3.05, 3.63) is 30.1 Å². The Kier molecular flexibility index (Phi) is 3.92. The van der Waals surface area contributed by atoms with Gasteiger partial charge in [0.05, 0.1) is 5.69 Å². The Hall–Kier alpha value is -2.24. The van der Waals surface area contributed by atoms with E-state index in [0.717, 1.165) is 38.5 Å². The quantitative estimate of drug-likeness (QED) is 0.923. The highest BCUT2D eigenvalue weighted by Crippen LogP contribution is 2.38. The molecule has 1 fully saturated rings. The summed E-state index contributed by atoms with van der Waals surface area (Å²) in [6.45, 7) is -0.307. The van der Waals surface area contributed by atoms with Gasteiger partial charge in [-0.15, -0.1) is 0 Å². The zero-order valence-electron chi connectivity index (χ0n) is 12.4. The number of rotatable bonds is 3. The van der Waals surface area contributed by atoms with Crippen LogP contribution in [-0.4, -0.2) is 44.8 Å². The number of amides is 1. The molecule has 6 heteroatoms. The Morgan fingerprint density at radius 3 is 2.55 bits per heavy atom. The van der Waals surface area contributed by atoms with E-state index in [0.29, 0.717) is 11.4 Å². The maximum atomic E-state index is 12.7. The number of carbonyl (C=O) groups is 2. The number of hydrogen-bond donors (Lipinski definition) is 1. The number of aliphatic imine (C=N–C) groups is 1. The first-order valence-electron chi connectivity index (χ1n) is 7.67. The van der Waals surface area contributed by atoms with Gasteiger partial charge >= 0.3 is 5.97 Å². The molecule has 0 aromatic carbocycles. The molecule has 1 N–H and O–H groups in total. The van der Waals surface area contributed by atoms with Crippen LogP contribution >= 0.6 is 0 Å². The molecule has 22 heavy (non-hydrogen) atoms. The first-order valence-corrected chi connectivity index (χ1v) is 7.67. The van der Waals surface area contributed by atoms with E-state index >= 15 is 0 Å². The van der Waals surface area contributed by atoms with Gasteiger partial charge in [-0.3, -0.25) is 14.6 Å². The summed E-state index contributed by atoms with van der Waals surface area (Å²) in [7, 11) is 0. The number of nitrogens with zero attached hydrogens (tertiary/aromatic N) is 3. The maximum Gasteiger partial charge on any atom is 0.323 e. The van der Waals surface area contributed by atoms with Gasteiger partial charge in [0.2, 0.25) is 0 Å². The van der Waals surface area contributed by atoms with Crippen molar-refractivity contribution in [2.45, 2.75) is 44.2 Å². The highest BCUT2D eigenvalue weighted by Gasteiger charge is 2.48. The standard InChI is InChI=1S/C16H19N3O3/c20-13(21)11-19-15(22)14(12-7-3-6-10-17-12)18-16(19)8-4-1-2-5-9-16/h3,6-7,10H,1-2,4-5,8-9,11H2,(H,20,21). The van der Waals surface area contributed by atoms with Crippen LogP contribution in [0.2, 0.25) is 0 Å². The number of pyridine rings is 1. The summed E-state index contributed by atoms with van der Waals surface area (Å²) in [4.78, 5) is 34.2. The summed E-state index contributed by atoms with van der Waals surface area (Å²) in [5, 5.41) is 9.17. The molecular formula is C16H19N3O3. The minimum absolute atomic E-state index is 0.295. The van der Waals surface area contributed by atoms with Gasteiger partial charge in [0.1, 0.15) is 12.2 Å². The molecular weight excluding hydrogens is 282 g/mol. The lowest BCUT2D eigenvalue weighted by Crippen LogP contribution is -2.49. The first kappa shape index (κ1) is 14.7. The second-order valence-electron chi connectivity index (χ2n) is 5.86. The molecule has 3 rings (SSSR count). The number of aliphatic carboxylic acids is 1. The van der Waals surface area contributed by atoms with Gasteiger partial charge in [0.25, 0.3) is 5.91 Å². The molecule has 0 atom stereocenters. The highest BCUT2D eigenvalue weighted by atomic mass is 16.4. The fourth-order valence-electron chi connectivity index (χ4n) is 3.33. The Morgan fingerprint density at radius 2 is 1.95 bits per heavy atom. The topological polar surface area (TPSA) is 82.9 Å². The van der Waals surface area contributed by atoms with Crippen LogP contribution in [0.4, 0.5) is 0 Å². The van der Waals surface area contributed by atoms with Gasteiger partial charge in [-0.05, 0) is 37.8 Å². The second kappa shape index (κ2) is 5.87. The van der Waals surface area contributed by atoms with Crippen molar-refractivity contribution in [2.75, 3.05) is 6.54 Å². The summed E-state index contributed by atoms with van der Waals surface area (Å²) in [6, 6.07) is 5.32. The molecule has 1 amide bonds.